The van der Waals surface area contributed by atoms with Crippen molar-refractivity contribution in [3.05, 3.63) is 0 Å². The van der Waals surface area contributed by atoms with Crippen LogP contribution in [-0.2, 0) is 9.08 Å². The first-order chi connectivity index (χ1) is 5.02. The summed E-state index contributed by atoms with van der Waals surface area (Å²) in [5.74, 6) is -0.704. The average molecular weight is 183 g/mol. The first kappa shape index (κ1) is 10.7. The summed E-state index contributed by atoms with van der Waals surface area (Å²) in [7, 11) is 0. The van der Waals surface area contributed by atoms with E-state index in [9.17, 15) is 9.90 Å². The molecule has 0 bridgehead atoms. The Bertz CT molecular complexity index is 135. The van der Waals surface area contributed by atoms with Crippen LogP contribution in [0.5, 0.6) is 0 Å². The molecule has 0 aliphatic rings. The Labute approximate surface area is 69.9 Å². The SMILES string of the molecule is CC(O)(CCO)CC(=O)OCl. The van der Waals surface area contributed by atoms with E-state index in [0.29, 0.717) is 0 Å². The molecule has 0 fully saturated rings. The van der Waals surface area contributed by atoms with Gasteiger partial charge in [-0.15, -0.1) is 0 Å². The smallest absolute Gasteiger partial charge is 0.327 e. The van der Waals surface area contributed by atoms with Crippen molar-refractivity contribution in [3.63, 3.8) is 0 Å². The van der Waals surface area contributed by atoms with E-state index in [4.69, 9.17) is 17.0 Å². The van der Waals surface area contributed by atoms with E-state index in [1.165, 1.54) is 6.92 Å². The van der Waals surface area contributed by atoms with Gasteiger partial charge in [0, 0.05) is 6.61 Å². The monoisotopic (exact) mass is 182 g/mol. The van der Waals surface area contributed by atoms with Crippen LogP contribution in [0.1, 0.15) is 19.8 Å². The number of aliphatic hydroxyl groups is 2. The summed E-state index contributed by atoms with van der Waals surface area (Å²) in [5, 5.41) is 17.7. The topological polar surface area (TPSA) is 66.8 Å². The molecule has 0 rings (SSSR count). The molecule has 0 aromatic heterocycles. The van der Waals surface area contributed by atoms with Crippen LogP contribution in [0.15, 0.2) is 0 Å². The molecule has 0 aliphatic heterocycles. The summed E-state index contributed by atoms with van der Waals surface area (Å²) in [5.41, 5.74) is -1.24. The lowest BCUT2D eigenvalue weighted by Gasteiger charge is -2.19. The van der Waals surface area contributed by atoms with Crippen molar-refractivity contribution in [2.75, 3.05) is 6.61 Å². The maximum atomic E-state index is 10.5. The number of rotatable bonds is 4. The lowest BCUT2D eigenvalue weighted by atomic mass is 9.99. The number of hydrogen-bond donors (Lipinski definition) is 2. The standard InChI is InChI=1S/C6H11ClO4/c1-6(10,2-3-8)4-5(9)11-7/h8,10H,2-4H2,1H3. The van der Waals surface area contributed by atoms with Crippen molar-refractivity contribution in [2.24, 2.45) is 0 Å². The lowest BCUT2D eigenvalue weighted by Crippen LogP contribution is -2.29. The van der Waals surface area contributed by atoms with Crippen molar-refractivity contribution in [2.45, 2.75) is 25.4 Å². The number of halogens is 1. The van der Waals surface area contributed by atoms with Gasteiger partial charge in [-0.1, -0.05) is 0 Å². The predicted molar refractivity (Wildman–Crippen MR) is 38.9 cm³/mol. The first-order valence-electron chi connectivity index (χ1n) is 3.16. The Hall–Kier alpha value is -0.320. The highest BCUT2D eigenvalue weighted by Crippen LogP contribution is 2.14. The van der Waals surface area contributed by atoms with Gasteiger partial charge >= 0.3 is 5.97 Å². The fourth-order valence-corrected chi connectivity index (χ4v) is 0.722. The van der Waals surface area contributed by atoms with Gasteiger partial charge < -0.3 is 14.5 Å². The molecule has 0 saturated carbocycles. The Morgan fingerprint density at radius 1 is 1.73 bits per heavy atom. The molecule has 2 N–H and O–H groups in total. The van der Waals surface area contributed by atoms with Crippen LogP contribution in [-0.4, -0.2) is 28.4 Å². The Morgan fingerprint density at radius 3 is 2.64 bits per heavy atom. The van der Waals surface area contributed by atoms with Crippen LogP contribution in [0.25, 0.3) is 0 Å². The summed E-state index contributed by atoms with van der Waals surface area (Å²) in [4.78, 5) is 10.5. The number of carbonyl (C=O) groups excluding carboxylic acids is 1. The van der Waals surface area contributed by atoms with Gasteiger partial charge in [-0.3, -0.25) is 4.79 Å². The maximum Gasteiger partial charge on any atom is 0.327 e. The molecule has 1 unspecified atom stereocenters. The molecule has 1 atom stereocenters. The summed E-state index contributed by atoms with van der Waals surface area (Å²) >= 11 is 4.74. The van der Waals surface area contributed by atoms with Gasteiger partial charge in [0.1, 0.15) is 11.9 Å². The van der Waals surface area contributed by atoms with Gasteiger partial charge in [-0.2, -0.15) is 0 Å². The van der Waals surface area contributed by atoms with E-state index in [-0.39, 0.29) is 19.4 Å². The molecule has 0 aromatic carbocycles. The second kappa shape index (κ2) is 4.54. The van der Waals surface area contributed by atoms with E-state index in [0.717, 1.165) is 0 Å². The second-order valence-corrected chi connectivity index (χ2v) is 2.75. The van der Waals surface area contributed by atoms with Crippen LogP contribution < -0.4 is 0 Å². The van der Waals surface area contributed by atoms with Gasteiger partial charge in [0.25, 0.3) is 0 Å². The summed E-state index contributed by atoms with van der Waals surface area (Å²) in [6.07, 6.45) is -0.0873. The maximum absolute atomic E-state index is 10.5. The molecule has 0 aromatic rings. The number of aliphatic hydroxyl groups excluding tert-OH is 1. The minimum Gasteiger partial charge on any atom is -0.396 e. The van der Waals surface area contributed by atoms with E-state index in [2.05, 4.69) is 4.29 Å². The third kappa shape index (κ3) is 5.01. The molecule has 0 amide bonds. The number of carbonyl (C=O) groups is 1. The normalized spacial score (nSPS) is 15.6. The Balaban J connectivity index is 3.80. The first-order valence-corrected chi connectivity index (χ1v) is 3.47. The molecular formula is C6H11ClO4. The minimum absolute atomic E-state index is 0.124. The van der Waals surface area contributed by atoms with Crippen molar-refractivity contribution in [1.29, 1.82) is 0 Å². The van der Waals surface area contributed by atoms with Gasteiger partial charge in [0.2, 0.25) is 0 Å². The molecule has 4 nitrogen and oxygen atoms in total. The predicted octanol–water partition coefficient (Wildman–Crippen LogP) is 0.207. The second-order valence-electron chi connectivity index (χ2n) is 2.60. The Morgan fingerprint density at radius 2 is 2.27 bits per heavy atom. The van der Waals surface area contributed by atoms with Crippen LogP contribution in [0, 0.1) is 0 Å². The molecular weight excluding hydrogens is 172 g/mol. The highest BCUT2D eigenvalue weighted by Gasteiger charge is 2.24. The highest BCUT2D eigenvalue weighted by atomic mass is 35.5. The van der Waals surface area contributed by atoms with Gasteiger partial charge in [-0.05, 0) is 13.3 Å². The van der Waals surface area contributed by atoms with Crippen LogP contribution in [0.4, 0.5) is 0 Å². The quantitative estimate of drug-likeness (QED) is 0.652. The lowest BCUT2D eigenvalue weighted by molar-refractivity contribution is -0.139. The summed E-state index contributed by atoms with van der Waals surface area (Å²) < 4.78 is 3.82. The zero-order chi connectivity index (χ0) is 8.91. The molecule has 5 heteroatoms. The molecule has 0 radical (unpaired) electrons. The molecule has 0 saturated heterocycles. The highest BCUT2D eigenvalue weighted by molar-refractivity contribution is 6.13. The largest absolute Gasteiger partial charge is 0.396 e. The molecule has 0 spiro atoms. The van der Waals surface area contributed by atoms with E-state index >= 15 is 0 Å². The summed E-state index contributed by atoms with van der Waals surface area (Å²) in [6, 6.07) is 0. The molecule has 0 heterocycles. The van der Waals surface area contributed by atoms with Crippen molar-refractivity contribution >= 4 is 17.8 Å². The molecule has 11 heavy (non-hydrogen) atoms. The number of hydrogen-bond acceptors (Lipinski definition) is 4. The van der Waals surface area contributed by atoms with Crippen molar-refractivity contribution < 1.29 is 19.3 Å². The fourth-order valence-electron chi connectivity index (χ4n) is 0.667. The van der Waals surface area contributed by atoms with Crippen molar-refractivity contribution in [1.82, 2.24) is 0 Å². The zero-order valence-electron chi connectivity index (χ0n) is 6.21. The van der Waals surface area contributed by atoms with E-state index in [1.54, 1.807) is 0 Å². The van der Waals surface area contributed by atoms with Crippen LogP contribution in [0.3, 0.4) is 0 Å². The third-order valence-corrected chi connectivity index (χ3v) is 1.43. The van der Waals surface area contributed by atoms with Gasteiger partial charge in [0.15, 0.2) is 0 Å². The third-order valence-electron chi connectivity index (χ3n) is 1.26. The zero-order valence-corrected chi connectivity index (χ0v) is 6.97. The average Bonchev–Trinajstić information content (AvgIpc) is 1.86. The fraction of sp³-hybridized carbons (Fsp3) is 0.833. The van der Waals surface area contributed by atoms with E-state index in [1.807, 2.05) is 0 Å². The van der Waals surface area contributed by atoms with Gasteiger partial charge in [-0.25, -0.2) is 0 Å². The van der Waals surface area contributed by atoms with Gasteiger partial charge in [0.05, 0.1) is 12.0 Å². The van der Waals surface area contributed by atoms with Crippen molar-refractivity contribution in [3.8, 4) is 0 Å². The van der Waals surface area contributed by atoms with Crippen LogP contribution in [0.2, 0.25) is 0 Å². The summed E-state index contributed by atoms with van der Waals surface area (Å²) in [6.45, 7) is 1.25. The Kier molecular flexibility index (Phi) is 4.40. The molecule has 66 valence electrons. The molecule has 0 aliphatic carbocycles. The van der Waals surface area contributed by atoms with E-state index < -0.39 is 11.6 Å². The minimum atomic E-state index is -1.24. The van der Waals surface area contributed by atoms with Crippen LogP contribution >= 0.6 is 11.9 Å².